The van der Waals surface area contributed by atoms with Gasteiger partial charge < -0.3 is 16.3 Å². The van der Waals surface area contributed by atoms with Gasteiger partial charge in [-0.15, -0.1) is 0 Å². The summed E-state index contributed by atoms with van der Waals surface area (Å²) in [6.45, 7) is 4.67. The normalized spacial score (nSPS) is 12.5. The lowest BCUT2D eigenvalue weighted by Crippen LogP contribution is -2.31. The second-order valence-corrected chi connectivity index (χ2v) is 7.23. The van der Waals surface area contributed by atoms with Crippen molar-refractivity contribution >= 4 is 50.7 Å². The highest BCUT2D eigenvalue weighted by Gasteiger charge is 2.22. The predicted octanol–water partition coefficient (Wildman–Crippen LogP) is 5.11. The van der Waals surface area contributed by atoms with Crippen molar-refractivity contribution in [3.8, 4) is 0 Å². The van der Waals surface area contributed by atoms with Gasteiger partial charge in [0.25, 0.3) is 0 Å². The maximum Gasteiger partial charge on any atom is 0.144 e. The Morgan fingerprint density at radius 1 is 1.33 bits per heavy atom. The fourth-order valence-electron chi connectivity index (χ4n) is 1.88. The van der Waals surface area contributed by atoms with Gasteiger partial charge >= 0.3 is 0 Å². The van der Waals surface area contributed by atoms with Gasteiger partial charge in [0.15, 0.2) is 0 Å². The van der Waals surface area contributed by atoms with Gasteiger partial charge in [-0.25, -0.2) is 0 Å². The molecule has 21 heavy (non-hydrogen) atoms. The zero-order valence-electron chi connectivity index (χ0n) is 12.1. The van der Waals surface area contributed by atoms with Crippen molar-refractivity contribution in [1.82, 2.24) is 0 Å². The van der Waals surface area contributed by atoms with E-state index in [-0.39, 0.29) is 11.3 Å². The molecule has 0 heterocycles. The quantitative estimate of drug-likeness (QED) is 0.197. The van der Waals surface area contributed by atoms with Crippen LogP contribution in [0.25, 0.3) is 0 Å². The first kappa shape index (κ1) is 18.4. The summed E-state index contributed by atoms with van der Waals surface area (Å²) in [6.07, 6.45) is 2.72. The minimum atomic E-state index is -0.304. The van der Waals surface area contributed by atoms with Crippen LogP contribution in [0.3, 0.4) is 0 Å². The van der Waals surface area contributed by atoms with Crippen molar-refractivity contribution in [3.63, 3.8) is 0 Å². The number of benzene rings is 1. The Hall–Kier alpha value is -0.650. The first-order valence-corrected chi connectivity index (χ1v) is 8.19. The van der Waals surface area contributed by atoms with Crippen molar-refractivity contribution < 1.29 is 5.21 Å². The van der Waals surface area contributed by atoms with Crippen LogP contribution < -0.4 is 11.1 Å². The topological polar surface area (TPSA) is 70.6 Å². The molecular formula is C14H20BrCl2N3O. The Labute approximate surface area is 143 Å². The smallest absolute Gasteiger partial charge is 0.144 e. The van der Waals surface area contributed by atoms with Crippen LogP contribution >= 0.6 is 39.1 Å². The predicted molar refractivity (Wildman–Crippen MR) is 93.7 cm³/mol. The highest BCUT2D eigenvalue weighted by molar-refractivity contribution is 9.10. The molecule has 0 aliphatic carbocycles. The highest BCUT2D eigenvalue weighted by Crippen LogP contribution is 2.33. The van der Waals surface area contributed by atoms with Crippen molar-refractivity contribution in [3.05, 3.63) is 26.7 Å². The number of hydrogen-bond acceptors (Lipinski definition) is 3. The summed E-state index contributed by atoms with van der Waals surface area (Å²) in [5.74, 6) is 0.259. The van der Waals surface area contributed by atoms with E-state index in [1.165, 1.54) is 0 Å². The lowest BCUT2D eigenvalue weighted by Gasteiger charge is -2.22. The van der Waals surface area contributed by atoms with Crippen LogP contribution in [0.5, 0.6) is 0 Å². The van der Waals surface area contributed by atoms with E-state index < -0.39 is 0 Å². The summed E-state index contributed by atoms with van der Waals surface area (Å²) in [4.78, 5) is 0. The molecule has 118 valence electrons. The molecule has 0 aliphatic heterocycles. The van der Waals surface area contributed by atoms with Crippen LogP contribution in [-0.2, 0) is 0 Å². The molecule has 0 amide bonds. The van der Waals surface area contributed by atoms with Gasteiger partial charge in [-0.1, -0.05) is 64.6 Å². The van der Waals surface area contributed by atoms with E-state index in [0.717, 1.165) is 36.0 Å². The van der Waals surface area contributed by atoms with Gasteiger partial charge in [-0.2, -0.15) is 0 Å². The van der Waals surface area contributed by atoms with Crippen molar-refractivity contribution in [2.24, 2.45) is 16.3 Å². The Morgan fingerprint density at radius 2 is 1.90 bits per heavy atom. The second-order valence-electron chi connectivity index (χ2n) is 5.50. The first-order chi connectivity index (χ1) is 9.77. The van der Waals surface area contributed by atoms with Gasteiger partial charge in [-0.3, -0.25) is 0 Å². The number of oxime groups is 1. The lowest BCUT2D eigenvalue weighted by atomic mass is 9.86. The number of anilines is 1. The Morgan fingerprint density at radius 3 is 2.43 bits per heavy atom. The Kier molecular flexibility index (Phi) is 7.10. The van der Waals surface area contributed by atoms with Crippen LogP contribution in [0.4, 0.5) is 5.69 Å². The molecule has 4 N–H and O–H groups in total. The zero-order valence-corrected chi connectivity index (χ0v) is 15.2. The number of nitrogens with two attached hydrogens (primary N) is 1. The summed E-state index contributed by atoms with van der Waals surface area (Å²) >= 11 is 15.6. The van der Waals surface area contributed by atoms with Gasteiger partial charge in [0.05, 0.1) is 15.7 Å². The van der Waals surface area contributed by atoms with Crippen LogP contribution in [0.15, 0.2) is 21.8 Å². The van der Waals surface area contributed by atoms with E-state index in [1.807, 2.05) is 13.8 Å². The third-order valence-electron chi connectivity index (χ3n) is 3.34. The summed E-state index contributed by atoms with van der Waals surface area (Å²) in [5, 5.41) is 16.2. The summed E-state index contributed by atoms with van der Waals surface area (Å²) in [6, 6.07) is 3.61. The minimum absolute atomic E-state index is 0.259. The van der Waals surface area contributed by atoms with Gasteiger partial charge in [0, 0.05) is 16.4 Å². The molecule has 0 spiro atoms. The van der Waals surface area contributed by atoms with E-state index in [9.17, 15) is 0 Å². The average Bonchev–Trinajstić information content (AvgIpc) is 2.39. The molecule has 0 saturated heterocycles. The van der Waals surface area contributed by atoms with Crippen LogP contribution in [0, 0.1) is 5.41 Å². The number of nitrogens with zero attached hydrogens (tertiary/aromatic N) is 1. The fraction of sp³-hybridized carbons (Fsp3) is 0.500. The number of halogens is 3. The minimum Gasteiger partial charge on any atom is -0.409 e. The van der Waals surface area contributed by atoms with E-state index in [1.54, 1.807) is 12.1 Å². The fourth-order valence-corrected chi connectivity index (χ4v) is 3.22. The van der Waals surface area contributed by atoms with Crippen LogP contribution in [0.2, 0.25) is 10.0 Å². The third-order valence-corrected chi connectivity index (χ3v) is 4.39. The molecule has 7 heteroatoms. The average molecular weight is 397 g/mol. The third kappa shape index (κ3) is 5.57. The maximum absolute atomic E-state index is 8.72. The van der Waals surface area contributed by atoms with Crippen LogP contribution in [-0.4, -0.2) is 17.6 Å². The number of hydrogen-bond donors (Lipinski definition) is 3. The highest BCUT2D eigenvalue weighted by atomic mass is 79.9. The standard InChI is InChI=1S/C14H20BrCl2N3O/c1-14(2,13(18)20-21)5-3-4-6-19-12-10(16)7-9(15)8-11(12)17/h7-8,19,21H,3-6H2,1-2H3,(H2,18,20). The molecule has 4 nitrogen and oxygen atoms in total. The molecule has 0 aromatic heterocycles. The molecule has 0 fully saturated rings. The molecule has 0 aliphatic rings. The zero-order chi connectivity index (χ0) is 16.0. The van der Waals surface area contributed by atoms with Gasteiger partial charge in [-0.05, 0) is 25.0 Å². The van der Waals surface area contributed by atoms with Crippen molar-refractivity contribution in [1.29, 1.82) is 0 Å². The van der Waals surface area contributed by atoms with E-state index in [2.05, 4.69) is 26.4 Å². The van der Waals surface area contributed by atoms with Crippen molar-refractivity contribution in [2.75, 3.05) is 11.9 Å². The molecule has 0 radical (unpaired) electrons. The molecule has 0 atom stereocenters. The van der Waals surface area contributed by atoms with E-state index in [0.29, 0.717) is 10.0 Å². The Bertz CT molecular complexity index is 498. The first-order valence-electron chi connectivity index (χ1n) is 6.64. The number of unbranched alkanes of at least 4 members (excludes halogenated alkanes) is 1. The molecule has 0 unspecified atom stereocenters. The maximum atomic E-state index is 8.72. The number of nitrogens with one attached hydrogen (secondary N) is 1. The Balaban J connectivity index is 2.42. The van der Waals surface area contributed by atoms with Crippen LogP contribution in [0.1, 0.15) is 33.1 Å². The number of amidine groups is 1. The molecular weight excluding hydrogens is 377 g/mol. The molecule has 1 aromatic carbocycles. The molecule has 0 bridgehead atoms. The van der Waals surface area contributed by atoms with Gasteiger partial charge in [0.1, 0.15) is 5.84 Å². The largest absolute Gasteiger partial charge is 0.409 e. The SMILES string of the molecule is CC(C)(CCCCNc1c(Cl)cc(Br)cc1Cl)C(N)=NO. The molecule has 0 saturated carbocycles. The lowest BCUT2D eigenvalue weighted by molar-refractivity contribution is 0.304. The summed E-state index contributed by atoms with van der Waals surface area (Å²) in [7, 11) is 0. The van der Waals surface area contributed by atoms with Gasteiger partial charge in [0.2, 0.25) is 0 Å². The summed E-state index contributed by atoms with van der Waals surface area (Å²) < 4.78 is 0.851. The van der Waals surface area contributed by atoms with E-state index in [4.69, 9.17) is 34.1 Å². The van der Waals surface area contributed by atoms with Crippen molar-refractivity contribution in [2.45, 2.75) is 33.1 Å². The van der Waals surface area contributed by atoms with E-state index >= 15 is 0 Å². The molecule has 1 rings (SSSR count). The monoisotopic (exact) mass is 395 g/mol. The molecule has 1 aromatic rings. The second kappa shape index (κ2) is 8.11. The summed E-state index contributed by atoms with van der Waals surface area (Å²) in [5.41, 5.74) is 6.10. The number of rotatable bonds is 7.